The lowest BCUT2D eigenvalue weighted by atomic mass is 10.1. The predicted octanol–water partition coefficient (Wildman–Crippen LogP) is 4.58. The van der Waals surface area contributed by atoms with Gasteiger partial charge in [0.05, 0.1) is 0 Å². The van der Waals surface area contributed by atoms with Crippen molar-refractivity contribution in [2.24, 2.45) is 0 Å². The molecule has 0 fully saturated rings. The number of hydrogen-bond donors (Lipinski definition) is 1. The molecule has 0 aromatic heterocycles. The minimum absolute atomic E-state index is 0.152. The molecule has 5 nitrogen and oxygen atoms in total. The van der Waals surface area contributed by atoms with Crippen LogP contribution in [0, 0.1) is 0 Å². The van der Waals surface area contributed by atoms with Gasteiger partial charge < -0.3 is 15.0 Å². The number of carbonyl (C=O) groups is 2. The third-order valence-electron chi connectivity index (χ3n) is 4.15. The van der Waals surface area contributed by atoms with Crippen molar-refractivity contribution in [2.45, 2.75) is 25.9 Å². The van der Waals surface area contributed by atoms with E-state index in [-0.39, 0.29) is 25.0 Å². The van der Waals surface area contributed by atoms with E-state index >= 15 is 0 Å². The lowest BCUT2D eigenvalue weighted by Crippen LogP contribution is -2.49. The molecule has 8 heteroatoms. The number of hydrogen-bond acceptors (Lipinski definition) is 3. The fraction of sp³-hybridized carbons (Fsp3) is 0.300. The highest BCUT2D eigenvalue weighted by molar-refractivity contribution is 6.35. The Morgan fingerprint density at radius 2 is 1.82 bits per heavy atom. The van der Waals surface area contributed by atoms with Gasteiger partial charge in [-0.05, 0) is 42.3 Å². The monoisotopic (exact) mass is 442 g/mol. The minimum atomic E-state index is -0.660. The molecule has 0 heterocycles. The van der Waals surface area contributed by atoms with Crippen molar-refractivity contribution < 1.29 is 14.3 Å². The zero-order chi connectivity index (χ0) is 20.7. The lowest BCUT2D eigenvalue weighted by molar-refractivity contribution is -0.142. The van der Waals surface area contributed by atoms with Crippen LogP contribution in [0.5, 0.6) is 5.75 Å². The van der Waals surface area contributed by atoms with E-state index in [0.717, 1.165) is 0 Å². The number of ether oxygens (including phenoxy) is 1. The Labute approximate surface area is 179 Å². The van der Waals surface area contributed by atoms with Crippen LogP contribution in [-0.2, 0) is 16.1 Å². The van der Waals surface area contributed by atoms with Crippen molar-refractivity contribution in [1.82, 2.24) is 10.2 Å². The Hall–Kier alpha value is -1.95. The van der Waals surface area contributed by atoms with Gasteiger partial charge in [0.15, 0.2) is 6.61 Å². The Balaban J connectivity index is 2.23. The smallest absolute Gasteiger partial charge is 0.261 e. The predicted molar refractivity (Wildman–Crippen MR) is 112 cm³/mol. The molecule has 0 aliphatic carbocycles. The van der Waals surface area contributed by atoms with Gasteiger partial charge in [0, 0.05) is 28.7 Å². The number of benzene rings is 2. The summed E-state index contributed by atoms with van der Waals surface area (Å²) >= 11 is 18.2. The zero-order valence-corrected chi connectivity index (χ0v) is 17.8. The number of nitrogens with zero attached hydrogens (tertiary/aromatic N) is 1. The average molecular weight is 444 g/mol. The molecule has 150 valence electrons. The van der Waals surface area contributed by atoms with Crippen LogP contribution in [0.1, 0.15) is 18.9 Å². The Morgan fingerprint density at radius 1 is 1.11 bits per heavy atom. The number of likely N-dealkylation sites (N-methyl/N-ethyl adjacent to an activating group) is 1. The van der Waals surface area contributed by atoms with Gasteiger partial charge in [0.1, 0.15) is 11.8 Å². The van der Waals surface area contributed by atoms with Gasteiger partial charge in [-0.25, -0.2) is 0 Å². The van der Waals surface area contributed by atoms with Gasteiger partial charge in [0.25, 0.3) is 5.91 Å². The molecule has 2 amide bonds. The second-order valence-corrected chi connectivity index (χ2v) is 7.32. The SMILES string of the molecule is CC[C@@H](C(=O)NC)N(Cc1ccc(Cl)cc1Cl)C(=O)COc1cccc(Cl)c1. The molecule has 0 saturated carbocycles. The second kappa shape index (κ2) is 10.6. The molecule has 0 spiro atoms. The van der Waals surface area contributed by atoms with Gasteiger partial charge in [-0.2, -0.15) is 0 Å². The molecule has 0 aliphatic heterocycles. The number of nitrogens with one attached hydrogen (secondary N) is 1. The van der Waals surface area contributed by atoms with Crippen LogP contribution < -0.4 is 10.1 Å². The van der Waals surface area contributed by atoms with E-state index < -0.39 is 6.04 Å². The molecular weight excluding hydrogens is 423 g/mol. The molecule has 2 aromatic rings. The maximum Gasteiger partial charge on any atom is 0.261 e. The number of rotatable bonds is 8. The molecule has 1 atom stereocenters. The molecule has 2 aromatic carbocycles. The summed E-state index contributed by atoms with van der Waals surface area (Å²) in [5.74, 6) is -0.136. The van der Waals surface area contributed by atoms with Crippen molar-refractivity contribution in [2.75, 3.05) is 13.7 Å². The van der Waals surface area contributed by atoms with E-state index in [9.17, 15) is 9.59 Å². The quantitative estimate of drug-likeness (QED) is 0.650. The van der Waals surface area contributed by atoms with Gasteiger partial charge in [0.2, 0.25) is 5.91 Å². The van der Waals surface area contributed by atoms with Gasteiger partial charge >= 0.3 is 0 Å². The summed E-state index contributed by atoms with van der Waals surface area (Å²) in [7, 11) is 1.53. The molecule has 0 radical (unpaired) electrons. The summed E-state index contributed by atoms with van der Waals surface area (Å²) < 4.78 is 5.56. The fourth-order valence-electron chi connectivity index (χ4n) is 2.70. The molecular formula is C20H21Cl3N2O3. The molecule has 28 heavy (non-hydrogen) atoms. The highest BCUT2D eigenvalue weighted by Gasteiger charge is 2.28. The number of amides is 2. The Morgan fingerprint density at radius 3 is 2.43 bits per heavy atom. The summed E-state index contributed by atoms with van der Waals surface area (Å²) in [5, 5.41) is 4.02. The van der Waals surface area contributed by atoms with Crippen LogP contribution in [0.25, 0.3) is 0 Å². The van der Waals surface area contributed by atoms with Crippen molar-refractivity contribution in [3.63, 3.8) is 0 Å². The summed E-state index contributed by atoms with van der Waals surface area (Å²) in [5.41, 5.74) is 0.685. The molecule has 0 bridgehead atoms. The van der Waals surface area contributed by atoms with Crippen molar-refractivity contribution >= 4 is 46.6 Å². The first-order chi connectivity index (χ1) is 13.3. The summed E-state index contributed by atoms with van der Waals surface area (Å²) in [4.78, 5) is 26.7. The van der Waals surface area contributed by atoms with E-state index in [2.05, 4.69) is 5.32 Å². The molecule has 0 saturated heterocycles. The lowest BCUT2D eigenvalue weighted by Gasteiger charge is -2.30. The molecule has 0 aliphatic rings. The van der Waals surface area contributed by atoms with Crippen LogP contribution in [0.15, 0.2) is 42.5 Å². The Bertz CT molecular complexity index is 845. The summed E-state index contributed by atoms with van der Waals surface area (Å²) in [6, 6.07) is 11.1. The van der Waals surface area contributed by atoms with Gasteiger partial charge in [-0.15, -0.1) is 0 Å². The van der Waals surface area contributed by atoms with E-state index in [0.29, 0.717) is 32.8 Å². The third-order valence-corrected chi connectivity index (χ3v) is 4.97. The summed E-state index contributed by atoms with van der Waals surface area (Å²) in [6.07, 6.45) is 0.438. The summed E-state index contributed by atoms with van der Waals surface area (Å²) in [6.45, 7) is 1.75. The molecule has 1 N–H and O–H groups in total. The van der Waals surface area contributed by atoms with Crippen molar-refractivity contribution in [1.29, 1.82) is 0 Å². The van der Waals surface area contributed by atoms with Crippen LogP contribution in [0.3, 0.4) is 0 Å². The van der Waals surface area contributed by atoms with Gasteiger partial charge in [-0.1, -0.05) is 53.9 Å². The second-order valence-electron chi connectivity index (χ2n) is 6.04. The van der Waals surface area contributed by atoms with Crippen LogP contribution in [0.2, 0.25) is 15.1 Å². The first kappa shape index (κ1) is 22.3. The normalized spacial score (nSPS) is 11.6. The molecule has 0 unspecified atom stereocenters. The topological polar surface area (TPSA) is 58.6 Å². The zero-order valence-electron chi connectivity index (χ0n) is 15.5. The highest BCUT2D eigenvalue weighted by Crippen LogP contribution is 2.24. The maximum absolute atomic E-state index is 12.9. The number of carbonyl (C=O) groups excluding carboxylic acids is 2. The molecule has 2 rings (SSSR count). The van der Waals surface area contributed by atoms with E-state index in [1.165, 1.54) is 11.9 Å². The highest BCUT2D eigenvalue weighted by atomic mass is 35.5. The third kappa shape index (κ3) is 6.03. The van der Waals surface area contributed by atoms with E-state index in [1.807, 2.05) is 6.92 Å². The van der Waals surface area contributed by atoms with Crippen molar-refractivity contribution in [3.8, 4) is 5.75 Å². The van der Waals surface area contributed by atoms with E-state index in [4.69, 9.17) is 39.5 Å². The van der Waals surface area contributed by atoms with Crippen molar-refractivity contribution in [3.05, 3.63) is 63.1 Å². The van der Waals surface area contributed by atoms with Gasteiger partial charge in [-0.3, -0.25) is 9.59 Å². The first-order valence-corrected chi connectivity index (χ1v) is 9.82. The fourth-order valence-corrected chi connectivity index (χ4v) is 3.35. The van der Waals surface area contributed by atoms with Crippen LogP contribution in [0.4, 0.5) is 0 Å². The Kier molecular flexibility index (Phi) is 8.42. The standard InChI is InChI=1S/C20H21Cl3N2O3/c1-3-18(20(27)24-2)25(11-13-7-8-15(22)10-17(13)23)19(26)12-28-16-6-4-5-14(21)9-16/h4-10,18H,3,11-12H2,1-2H3,(H,24,27)/t18-/m0/s1. The largest absolute Gasteiger partial charge is 0.484 e. The van der Waals surface area contributed by atoms with Crippen LogP contribution >= 0.6 is 34.8 Å². The van der Waals surface area contributed by atoms with Crippen LogP contribution in [-0.4, -0.2) is 36.4 Å². The number of halogens is 3. The van der Waals surface area contributed by atoms with E-state index in [1.54, 1.807) is 42.5 Å². The first-order valence-electron chi connectivity index (χ1n) is 8.69. The maximum atomic E-state index is 12.9. The average Bonchev–Trinajstić information content (AvgIpc) is 2.67. The minimum Gasteiger partial charge on any atom is -0.484 e.